The molecule has 9 heteroatoms. The van der Waals surface area contributed by atoms with E-state index in [4.69, 9.17) is 0 Å². The molecule has 3 aromatic rings. The number of benzene rings is 2. The first-order chi connectivity index (χ1) is 15.9. The Morgan fingerprint density at radius 1 is 0.909 bits per heavy atom. The maximum Gasteiger partial charge on any atom is 0.266 e. The standard InChI is InChI=1S/C24H26N4O4S/c29-23-14-13-22(19-7-3-1-4-8-19)26-28(23)18-15-25-24(30)20-9-11-21(12-10-20)33(31,32)27-16-5-2-6-17-27/h1,3-4,7-14H,2,5-6,15-18H2,(H,25,30). The molecule has 1 amide bonds. The lowest BCUT2D eigenvalue weighted by molar-refractivity contribution is 0.0951. The van der Waals surface area contributed by atoms with E-state index in [1.807, 2.05) is 30.3 Å². The van der Waals surface area contributed by atoms with E-state index in [0.29, 0.717) is 24.3 Å². The molecule has 8 nitrogen and oxygen atoms in total. The lowest BCUT2D eigenvalue weighted by atomic mass is 10.1. The lowest BCUT2D eigenvalue weighted by Crippen LogP contribution is -2.35. The molecule has 4 rings (SSSR count). The van der Waals surface area contributed by atoms with Crippen molar-refractivity contribution < 1.29 is 13.2 Å². The number of aromatic nitrogens is 2. The predicted molar refractivity (Wildman–Crippen MR) is 125 cm³/mol. The van der Waals surface area contributed by atoms with Crippen LogP contribution in [0.25, 0.3) is 11.3 Å². The molecular weight excluding hydrogens is 440 g/mol. The molecule has 33 heavy (non-hydrogen) atoms. The third-order valence-electron chi connectivity index (χ3n) is 5.61. The highest BCUT2D eigenvalue weighted by Gasteiger charge is 2.25. The number of hydrogen-bond donors (Lipinski definition) is 1. The van der Waals surface area contributed by atoms with E-state index in [1.54, 1.807) is 6.07 Å². The highest BCUT2D eigenvalue weighted by atomic mass is 32.2. The first-order valence-corrected chi connectivity index (χ1v) is 12.4. The Bertz CT molecular complexity index is 1270. The minimum atomic E-state index is -3.53. The SMILES string of the molecule is O=C(NCCn1nc(-c2ccccc2)ccc1=O)c1ccc(S(=O)(=O)N2CCCCC2)cc1. The molecule has 1 fully saturated rings. The average Bonchev–Trinajstić information content (AvgIpc) is 2.86. The fourth-order valence-corrected chi connectivity index (χ4v) is 5.30. The van der Waals surface area contributed by atoms with Gasteiger partial charge in [0.2, 0.25) is 10.0 Å². The molecule has 1 N–H and O–H groups in total. The van der Waals surface area contributed by atoms with Gasteiger partial charge in [-0.3, -0.25) is 9.59 Å². The van der Waals surface area contributed by atoms with E-state index >= 15 is 0 Å². The zero-order valence-corrected chi connectivity index (χ0v) is 19.0. The van der Waals surface area contributed by atoms with Gasteiger partial charge in [-0.05, 0) is 43.2 Å². The van der Waals surface area contributed by atoms with Crippen molar-refractivity contribution in [3.05, 3.63) is 82.6 Å². The quantitative estimate of drug-likeness (QED) is 0.577. The Hall–Kier alpha value is -3.30. The highest BCUT2D eigenvalue weighted by Crippen LogP contribution is 2.21. The summed E-state index contributed by atoms with van der Waals surface area (Å²) in [7, 11) is -3.53. The van der Waals surface area contributed by atoms with Crippen LogP contribution in [0.3, 0.4) is 0 Å². The molecule has 2 aromatic carbocycles. The summed E-state index contributed by atoms with van der Waals surface area (Å²) in [4.78, 5) is 24.8. The van der Waals surface area contributed by atoms with Crippen molar-refractivity contribution >= 4 is 15.9 Å². The van der Waals surface area contributed by atoms with E-state index < -0.39 is 10.0 Å². The van der Waals surface area contributed by atoms with Crippen molar-refractivity contribution in [2.45, 2.75) is 30.7 Å². The van der Waals surface area contributed by atoms with Gasteiger partial charge in [0.05, 0.1) is 17.1 Å². The molecule has 172 valence electrons. The monoisotopic (exact) mass is 466 g/mol. The van der Waals surface area contributed by atoms with Crippen LogP contribution in [0.5, 0.6) is 0 Å². The van der Waals surface area contributed by atoms with Crippen LogP contribution >= 0.6 is 0 Å². The fourth-order valence-electron chi connectivity index (χ4n) is 3.78. The second-order valence-electron chi connectivity index (χ2n) is 7.89. The highest BCUT2D eigenvalue weighted by molar-refractivity contribution is 7.89. The molecule has 1 aliphatic rings. The Morgan fingerprint density at radius 3 is 2.30 bits per heavy atom. The number of hydrogen-bond acceptors (Lipinski definition) is 5. The van der Waals surface area contributed by atoms with Crippen LogP contribution in [-0.2, 0) is 16.6 Å². The molecule has 0 atom stereocenters. The van der Waals surface area contributed by atoms with Crippen LogP contribution in [0.15, 0.2) is 76.4 Å². The van der Waals surface area contributed by atoms with Gasteiger partial charge in [-0.25, -0.2) is 13.1 Å². The summed E-state index contributed by atoms with van der Waals surface area (Å²) in [5.74, 6) is -0.343. The van der Waals surface area contributed by atoms with Gasteiger partial charge >= 0.3 is 0 Å². The number of carbonyl (C=O) groups is 1. The summed E-state index contributed by atoms with van der Waals surface area (Å²) >= 11 is 0. The van der Waals surface area contributed by atoms with Gasteiger partial charge in [-0.2, -0.15) is 9.40 Å². The van der Waals surface area contributed by atoms with Crippen LogP contribution in [0.4, 0.5) is 0 Å². The second kappa shape index (κ2) is 10.1. The molecule has 0 bridgehead atoms. The molecule has 1 aliphatic heterocycles. The Morgan fingerprint density at radius 2 is 1.61 bits per heavy atom. The predicted octanol–water partition coefficient (Wildman–Crippen LogP) is 2.51. The second-order valence-corrected chi connectivity index (χ2v) is 9.83. The third kappa shape index (κ3) is 5.37. The summed E-state index contributed by atoms with van der Waals surface area (Å²) in [6.07, 6.45) is 2.78. The largest absolute Gasteiger partial charge is 0.350 e. The molecule has 0 aliphatic carbocycles. The van der Waals surface area contributed by atoms with E-state index in [1.165, 1.54) is 39.3 Å². The number of nitrogens with zero attached hydrogens (tertiary/aromatic N) is 3. The lowest BCUT2D eigenvalue weighted by Gasteiger charge is -2.25. The van der Waals surface area contributed by atoms with Gasteiger partial charge in [0.1, 0.15) is 0 Å². The Balaban J connectivity index is 1.37. The minimum Gasteiger partial charge on any atom is -0.350 e. The van der Waals surface area contributed by atoms with Gasteiger partial charge < -0.3 is 5.32 Å². The molecule has 0 unspecified atom stereocenters. The van der Waals surface area contributed by atoms with E-state index in [9.17, 15) is 18.0 Å². The topological polar surface area (TPSA) is 101 Å². The summed E-state index contributed by atoms with van der Waals surface area (Å²) in [5.41, 5.74) is 1.67. The smallest absolute Gasteiger partial charge is 0.266 e. The number of carbonyl (C=O) groups excluding carboxylic acids is 1. The number of piperidine rings is 1. The van der Waals surface area contributed by atoms with Crippen molar-refractivity contribution in [2.24, 2.45) is 0 Å². The van der Waals surface area contributed by atoms with E-state index in [-0.39, 0.29) is 29.5 Å². The fraction of sp³-hybridized carbons (Fsp3) is 0.292. The van der Waals surface area contributed by atoms with Crippen LogP contribution in [-0.4, -0.2) is 48.0 Å². The molecule has 0 saturated carbocycles. The minimum absolute atomic E-state index is 0.189. The molecule has 1 aromatic heterocycles. The Kier molecular flexibility index (Phi) is 7.00. The van der Waals surface area contributed by atoms with Crippen LogP contribution in [0.2, 0.25) is 0 Å². The van der Waals surface area contributed by atoms with Crippen LogP contribution in [0.1, 0.15) is 29.6 Å². The number of amides is 1. The van der Waals surface area contributed by atoms with Gasteiger partial charge in [-0.1, -0.05) is 36.8 Å². The number of rotatable bonds is 7. The molecule has 0 radical (unpaired) electrons. The van der Waals surface area contributed by atoms with E-state index in [2.05, 4.69) is 10.4 Å². The van der Waals surface area contributed by atoms with Gasteiger partial charge in [-0.15, -0.1) is 0 Å². The van der Waals surface area contributed by atoms with Crippen LogP contribution in [0, 0.1) is 0 Å². The van der Waals surface area contributed by atoms with E-state index in [0.717, 1.165) is 24.8 Å². The third-order valence-corrected chi connectivity index (χ3v) is 7.53. The molecule has 1 saturated heterocycles. The van der Waals surface area contributed by atoms with Crippen molar-refractivity contribution in [2.75, 3.05) is 19.6 Å². The number of nitrogens with one attached hydrogen (secondary N) is 1. The Labute approximate surface area is 192 Å². The summed E-state index contributed by atoms with van der Waals surface area (Å²) in [5, 5.41) is 7.13. The first-order valence-electron chi connectivity index (χ1n) is 11.0. The van der Waals surface area contributed by atoms with Crippen molar-refractivity contribution in [3.8, 4) is 11.3 Å². The maximum absolute atomic E-state index is 12.7. The molecule has 2 heterocycles. The zero-order valence-electron chi connectivity index (χ0n) is 18.2. The average molecular weight is 467 g/mol. The van der Waals surface area contributed by atoms with Crippen molar-refractivity contribution in [1.82, 2.24) is 19.4 Å². The zero-order chi connectivity index (χ0) is 23.3. The normalized spacial score (nSPS) is 14.7. The van der Waals surface area contributed by atoms with Gasteiger partial charge in [0.25, 0.3) is 11.5 Å². The van der Waals surface area contributed by atoms with Gasteiger partial charge in [0.15, 0.2) is 0 Å². The summed E-state index contributed by atoms with van der Waals surface area (Å²) < 4.78 is 28.3. The molecule has 0 spiro atoms. The van der Waals surface area contributed by atoms with Crippen LogP contribution < -0.4 is 10.9 Å². The van der Waals surface area contributed by atoms with Crippen molar-refractivity contribution in [1.29, 1.82) is 0 Å². The number of sulfonamides is 1. The first kappa shape index (κ1) is 22.9. The summed E-state index contributed by atoms with van der Waals surface area (Å²) in [6, 6.07) is 18.6. The molecular formula is C24H26N4O4S. The van der Waals surface area contributed by atoms with Crippen molar-refractivity contribution in [3.63, 3.8) is 0 Å². The van der Waals surface area contributed by atoms with Gasteiger partial charge in [0, 0.05) is 36.8 Å². The summed E-state index contributed by atoms with van der Waals surface area (Å²) in [6.45, 7) is 1.48. The maximum atomic E-state index is 12.7.